The normalized spacial score (nSPS) is 11.6. The van der Waals surface area contributed by atoms with Gasteiger partial charge in [0.15, 0.2) is 11.6 Å². The highest BCUT2D eigenvalue weighted by Gasteiger charge is 2.20. The number of anilines is 3. The number of nitrogens with zero attached hydrogens (tertiary/aromatic N) is 1. The average molecular weight is 345 g/mol. The maximum atomic E-state index is 14.2. The van der Waals surface area contributed by atoms with Crippen molar-refractivity contribution in [3.05, 3.63) is 47.3 Å². The molecule has 132 valence electrons. The number of hydrogen-bond donors (Lipinski definition) is 4. The number of pyridine rings is 1. The van der Waals surface area contributed by atoms with E-state index >= 15 is 0 Å². The summed E-state index contributed by atoms with van der Waals surface area (Å²) in [5.74, 6) is -2.36. The molecule has 6 N–H and O–H groups in total. The molecule has 2 aromatic rings. The lowest BCUT2D eigenvalue weighted by Gasteiger charge is -2.17. The topological polar surface area (TPSA) is 123 Å². The highest BCUT2D eigenvalue weighted by Crippen LogP contribution is 2.24. The molecule has 0 fully saturated rings. The first-order valence-electron chi connectivity index (χ1n) is 7.71. The van der Waals surface area contributed by atoms with Crippen molar-refractivity contribution < 1.29 is 14.0 Å². The van der Waals surface area contributed by atoms with Gasteiger partial charge in [-0.3, -0.25) is 9.59 Å². The van der Waals surface area contributed by atoms with Crippen molar-refractivity contribution in [2.24, 2.45) is 11.5 Å². The minimum absolute atomic E-state index is 0.0846. The molecular weight excluding hydrogens is 325 g/mol. The molecule has 1 heterocycles. The van der Waals surface area contributed by atoms with E-state index in [1.54, 1.807) is 13.0 Å². The van der Waals surface area contributed by atoms with Crippen LogP contribution in [0.2, 0.25) is 0 Å². The molecule has 0 saturated heterocycles. The van der Waals surface area contributed by atoms with Crippen molar-refractivity contribution in [1.82, 2.24) is 4.98 Å². The molecule has 0 radical (unpaired) electrons. The summed E-state index contributed by atoms with van der Waals surface area (Å²) in [6.45, 7) is 3.63. The summed E-state index contributed by atoms with van der Waals surface area (Å²) < 4.78 is 14.2. The Kier molecular flexibility index (Phi) is 5.53. The zero-order valence-corrected chi connectivity index (χ0v) is 14.0. The van der Waals surface area contributed by atoms with Gasteiger partial charge >= 0.3 is 0 Å². The standard InChI is InChI=1S/C17H20FN5O2/c1-3-13(15(20)25)22-17-12(18)8-11(14(19)24)16(23-17)21-10-6-4-5-9(2)7-10/h4-8,13H,3H2,1-2H3,(H2,19,24)(H2,20,25)(H2,21,22,23)/t13-/m1/s1. The van der Waals surface area contributed by atoms with E-state index in [0.29, 0.717) is 12.1 Å². The molecular formula is C17H20FN5O2. The Bertz CT molecular complexity index is 810. The first kappa shape index (κ1) is 18.2. The molecule has 1 atom stereocenters. The van der Waals surface area contributed by atoms with Crippen molar-refractivity contribution >= 4 is 29.1 Å². The third-order valence-electron chi connectivity index (χ3n) is 3.58. The number of primary amides is 2. The maximum Gasteiger partial charge on any atom is 0.252 e. The molecule has 25 heavy (non-hydrogen) atoms. The molecule has 0 unspecified atom stereocenters. The average Bonchev–Trinajstić information content (AvgIpc) is 2.54. The second kappa shape index (κ2) is 7.61. The number of hydrogen-bond acceptors (Lipinski definition) is 5. The Morgan fingerprint density at radius 3 is 2.52 bits per heavy atom. The van der Waals surface area contributed by atoms with Crippen LogP contribution in [-0.4, -0.2) is 22.8 Å². The lowest BCUT2D eigenvalue weighted by molar-refractivity contribution is -0.118. The smallest absolute Gasteiger partial charge is 0.252 e. The summed E-state index contributed by atoms with van der Waals surface area (Å²) in [4.78, 5) is 27.0. The van der Waals surface area contributed by atoms with Gasteiger partial charge in [0.25, 0.3) is 5.91 Å². The van der Waals surface area contributed by atoms with E-state index in [2.05, 4.69) is 15.6 Å². The van der Waals surface area contributed by atoms with Gasteiger partial charge in [-0.05, 0) is 37.1 Å². The number of carbonyl (C=O) groups is 2. The summed E-state index contributed by atoms with van der Waals surface area (Å²) in [6, 6.07) is 7.53. The van der Waals surface area contributed by atoms with Gasteiger partial charge in [0.05, 0.1) is 5.56 Å². The Morgan fingerprint density at radius 1 is 1.24 bits per heavy atom. The molecule has 1 aromatic carbocycles. The zero-order valence-electron chi connectivity index (χ0n) is 14.0. The van der Waals surface area contributed by atoms with Gasteiger partial charge in [-0.2, -0.15) is 0 Å². The first-order chi connectivity index (χ1) is 11.8. The minimum Gasteiger partial charge on any atom is -0.368 e. The second-order valence-electron chi connectivity index (χ2n) is 5.58. The molecule has 0 aliphatic carbocycles. The highest BCUT2D eigenvalue weighted by atomic mass is 19.1. The number of nitrogens with one attached hydrogen (secondary N) is 2. The highest BCUT2D eigenvalue weighted by molar-refractivity contribution is 5.98. The van der Waals surface area contributed by atoms with E-state index in [1.807, 2.05) is 25.1 Å². The molecule has 0 aliphatic heterocycles. The van der Waals surface area contributed by atoms with E-state index in [-0.39, 0.29) is 17.2 Å². The minimum atomic E-state index is -0.824. The Morgan fingerprint density at radius 2 is 1.96 bits per heavy atom. The number of aromatic nitrogens is 1. The van der Waals surface area contributed by atoms with Crippen LogP contribution in [0.5, 0.6) is 0 Å². The van der Waals surface area contributed by atoms with Crippen LogP contribution in [-0.2, 0) is 4.79 Å². The van der Waals surface area contributed by atoms with Gasteiger partial charge in [-0.15, -0.1) is 0 Å². The molecule has 1 aromatic heterocycles. The van der Waals surface area contributed by atoms with Crippen LogP contribution >= 0.6 is 0 Å². The summed E-state index contributed by atoms with van der Waals surface area (Å²) in [5.41, 5.74) is 12.1. The molecule has 0 aliphatic rings. The fourth-order valence-electron chi connectivity index (χ4n) is 2.27. The van der Waals surface area contributed by atoms with Crippen LogP contribution < -0.4 is 22.1 Å². The molecule has 7 nitrogen and oxygen atoms in total. The van der Waals surface area contributed by atoms with E-state index < -0.39 is 23.7 Å². The van der Waals surface area contributed by atoms with Crippen LogP contribution in [0, 0.1) is 12.7 Å². The summed E-state index contributed by atoms with van der Waals surface area (Å²) in [6.07, 6.45) is 0.356. The molecule has 0 bridgehead atoms. The largest absolute Gasteiger partial charge is 0.368 e. The Labute approximate surface area is 144 Å². The maximum absolute atomic E-state index is 14.2. The molecule has 0 saturated carbocycles. The van der Waals surface area contributed by atoms with E-state index in [0.717, 1.165) is 11.6 Å². The predicted molar refractivity (Wildman–Crippen MR) is 94.1 cm³/mol. The number of nitrogens with two attached hydrogens (primary N) is 2. The second-order valence-corrected chi connectivity index (χ2v) is 5.58. The number of carbonyl (C=O) groups excluding carboxylic acids is 2. The number of amides is 2. The number of benzene rings is 1. The summed E-state index contributed by atoms with van der Waals surface area (Å²) >= 11 is 0. The van der Waals surface area contributed by atoms with E-state index in [1.165, 1.54) is 0 Å². The molecule has 2 amide bonds. The van der Waals surface area contributed by atoms with Crippen molar-refractivity contribution in [2.75, 3.05) is 10.6 Å². The van der Waals surface area contributed by atoms with Gasteiger partial charge in [-0.1, -0.05) is 19.1 Å². The van der Waals surface area contributed by atoms with Gasteiger partial charge in [0.1, 0.15) is 11.9 Å². The van der Waals surface area contributed by atoms with Crippen LogP contribution in [0.15, 0.2) is 30.3 Å². The Hall–Kier alpha value is -3.16. The first-order valence-corrected chi connectivity index (χ1v) is 7.71. The van der Waals surface area contributed by atoms with Crippen LogP contribution in [0.25, 0.3) is 0 Å². The Balaban J connectivity index is 2.43. The van der Waals surface area contributed by atoms with Gasteiger partial charge in [-0.25, -0.2) is 9.37 Å². The van der Waals surface area contributed by atoms with Crippen LogP contribution in [0.4, 0.5) is 21.7 Å². The summed E-state index contributed by atoms with van der Waals surface area (Å²) in [5, 5.41) is 5.60. The van der Waals surface area contributed by atoms with Crippen molar-refractivity contribution in [2.45, 2.75) is 26.3 Å². The molecule has 2 rings (SSSR count). The zero-order chi connectivity index (χ0) is 18.6. The van der Waals surface area contributed by atoms with Gasteiger partial charge in [0.2, 0.25) is 5.91 Å². The monoisotopic (exact) mass is 345 g/mol. The van der Waals surface area contributed by atoms with Crippen molar-refractivity contribution in [3.8, 4) is 0 Å². The number of aryl methyl sites for hydroxylation is 1. The van der Waals surface area contributed by atoms with Crippen molar-refractivity contribution in [1.29, 1.82) is 0 Å². The fourth-order valence-corrected chi connectivity index (χ4v) is 2.27. The quantitative estimate of drug-likeness (QED) is 0.611. The number of halogens is 1. The molecule has 8 heteroatoms. The van der Waals surface area contributed by atoms with Crippen molar-refractivity contribution in [3.63, 3.8) is 0 Å². The summed E-state index contributed by atoms with van der Waals surface area (Å²) in [7, 11) is 0. The van der Waals surface area contributed by atoms with Gasteiger partial charge in [0, 0.05) is 5.69 Å². The van der Waals surface area contributed by atoms with E-state index in [9.17, 15) is 14.0 Å². The third kappa shape index (κ3) is 4.43. The van der Waals surface area contributed by atoms with Crippen LogP contribution in [0.1, 0.15) is 29.3 Å². The predicted octanol–water partition coefficient (Wildman–Crippen LogP) is 2.05. The van der Waals surface area contributed by atoms with E-state index in [4.69, 9.17) is 11.5 Å². The van der Waals surface area contributed by atoms with Gasteiger partial charge < -0.3 is 22.1 Å². The fraction of sp³-hybridized carbons (Fsp3) is 0.235. The molecule has 0 spiro atoms. The lowest BCUT2D eigenvalue weighted by Crippen LogP contribution is -2.35. The number of rotatable bonds is 7. The van der Waals surface area contributed by atoms with Crippen LogP contribution in [0.3, 0.4) is 0 Å². The SMILES string of the molecule is CC[C@@H](Nc1nc(Nc2cccc(C)c2)c(C(N)=O)cc1F)C(N)=O. The third-order valence-corrected chi connectivity index (χ3v) is 3.58. The lowest BCUT2D eigenvalue weighted by atomic mass is 10.2.